The Kier molecular flexibility index (Phi) is 9.39. The first-order valence-corrected chi connectivity index (χ1v) is 12.3. The summed E-state index contributed by atoms with van der Waals surface area (Å²) >= 11 is 0. The molecule has 0 aliphatic heterocycles. The maximum absolute atomic E-state index is 12.5. The molecule has 2 nitrogen and oxygen atoms in total. The van der Waals surface area contributed by atoms with Crippen LogP contribution in [0.15, 0.2) is 54.6 Å². The number of benzene rings is 2. The molecule has 1 atom stereocenters. The number of carbonyl (C=O) groups is 1. The maximum atomic E-state index is 12.5. The molecule has 0 N–H and O–H groups in total. The highest BCUT2D eigenvalue weighted by Gasteiger charge is 2.16. The van der Waals surface area contributed by atoms with E-state index in [1.54, 1.807) is 0 Å². The van der Waals surface area contributed by atoms with Gasteiger partial charge in [-0.25, -0.2) is 4.79 Å². The van der Waals surface area contributed by atoms with Gasteiger partial charge in [0.25, 0.3) is 0 Å². The standard InChI is InChI=1S/C29H38O2/c1-3-5-7-8-10-24-13-21-28(22-14-24)31-29(30)27-19-17-26(18-20-27)25-15-11-23(12-16-25)9-6-4-2/h13-15,17-23H,3-12,16H2,1-2H3. The average Bonchev–Trinajstić information content (AvgIpc) is 2.82. The zero-order chi connectivity index (χ0) is 21.9. The van der Waals surface area contributed by atoms with Gasteiger partial charge in [0, 0.05) is 0 Å². The summed E-state index contributed by atoms with van der Waals surface area (Å²) in [5.41, 5.74) is 4.56. The topological polar surface area (TPSA) is 26.3 Å². The van der Waals surface area contributed by atoms with Crippen molar-refractivity contribution in [3.63, 3.8) is 0 Å². The molecule has 0 spiro atoms. The average molecular weight is 419 g/mol. The van der Waals surface area contributed by atoms with Gasteiger partial charge in [0.05, 0.1) is 5.56 Å². The van der Waals surface area contributed by atoms with Crippen LogP contribution in [0.25, 0.3) is 5.57 Å². The summed E-state index contributed by atoms with van der Waals surface area (Å²) in [7, 11) is 0. The Labute approximate surface area is 188 Å². The SMILES string of the molecule is CCCCCCc1ccc(OC(=O)c2ccc(C3=CCC(CCCC)CC3)cc2)cc1. The molecule has 1 aliphatic rings. The lowest BCUT2D eigenvalue weighted by Crippen LogP contribution is -2.09. The van der Waals surface area contributed by atoms with E-state index in [-0.39, 0.29) is 5.97 Å². The van der Waals surface area contributed by atoms with Crippen molar-refractivity contribution >= 4 is 11.5 Å². The number of rotatable bonds is 11. The van der Waals surface area contributed by atoms with Crippen LogP contribution in [0.4, 0.5) is 0 Å². The number of ether oxygens (including phenoxy) is 1. The van der Waals surface area contributed by atoms with Gasteiger partial charge < -0.3 is 4.74 Å². The van der Waals surface area contributed by atoms with Gasteiger partial charge >= 0.3 is 5.97 Å². The second-order valence-corrected chi connectivity index (χ2v) is 8.93. The summed E-state index contributed by atoms with van der Waals surface area (Å²) in [5, 5.41) is 0. The molecule has 0 amide bonds. The van der Waals surface area contributed by atoms with Gasteiger partial charge in [0.2, 0.25) is 0 Å². The van der Waals surface area contributed by atoms with Crippen molar-refractivity contribution < 1.29 is 9.53 Å². The third-order valence-corrected chi connectivity index (χ3v) is 6.43. The first-order chi connectivity index (χ1) is 15.2. The van der Waals surface area contributed by atoms with E-state index >= 15 is 0 Å². The fourth-order valence-corrected chi connectivity index (χ4v) is 4.37. The molecular weight excluding hydrogens is 380 g/mol. The van der Waals surface area contributed by atoms with Crippen LogP contribution in [0.1, 0.15) is 99.5 Å². The first-order valence-electron chi connectivity index (χ1n) is 12.3. The van der Waals surface area contributed by atoms with Crippen LogP contribution in [0.2, 0.25) is 0 Å². The van der Waals surface area contributed by atoms with Crippen LogP contribution in [0.3, 0.4) is 0 Å². The normalized spacial score (nSPS) is 16.1. The third kappa shape index (κ3) is 7.38. The van der Waals surface area contributed by atoms with Crippen molar-refractivity contribution in [2.24, 2.45) is 5.92 Å². The van der Waals surface area contributed by atoms with Gasteiger partial charge in [0.15, 0.2) is 0 Å². The minimum atomic E-state index is -0.292. The van der Waals surface area contributed by atoms with Crippen molar-refractivity contribution in [1.29, 1.82) is 0 Å². The quantitative estimate of drug-likeness (QED) is 0.208. The lowest BCUT2D eigenvalue weighted by molar-refractivity contribution is 0.0734. The lowest BCUT2D eigenvalue weighted by atomic mass is 9.84. The molecule has 0 radical (unpaired) electrons. The summed E-state index contributed by atoms with van der Waals surface area (Å²) in [6.45, 7) is 4.49. The second kappa shape index (κ2) is 12.5. The number of carbonyl (C=O) groups excluding carboxylic acids is 1. The van der Waals surface area contributed by atoms with E-state index in [2.05, 4.69) is 44.2 Å². The Bertz CT molecular complexity index is 830. The fourth-order valence-electron chi connectivity index (χ4n) is 4.37. The zero-order valence-electron chi connectivity index (χ0n) is 19.4. The monoisotopic (exact) mass is 418 g/mol. The van der Waals surface area contributed by atoms with Gasteiger partial charge in [-0.05, 0) is 79.0 Å². The van der Waals surface area contributed by atoms with Crippen molar-refractivity contribution in [3.8, 4) is 5.75 Å². The smallest absolute Gasteiger partial charge is 0.343 e. The summed E-state index contributed by atoms with van der Waals surface area (Å²) in [6.07, 6.45) is 16.1. The van der Waals surface area contributed by atoms with E-state index in [1.807, 2.05) is 24.3 Å². The van der Waals surface area contributed by atoms with Gasteiger partial charge in [-0.2, -0.15) is 0 Å². The predicted molar refractivity (Wildman–Crippen MR) is 131 cm³/mol. The minimum Gasteiger partial charge on any atom is -0.423 e. The molecule has 2 heteroatoms. The van der Waals surface area contributed by atoms with Gasteiger partial charge in [-0.1, -0.05) is 82.7 Å². The Hall–Kier alpha value is -2.35. The molecule has 0 saturated heterocycles. The van der Waals surface area contributed by atoms with Crippen LogP contribution in [-0.4, -0.2) is 5.97 Å². The molecule has 2 aromatic carbocycles. The molecule has 0 saturated carbocycles. The Balaban J connectivity index is 1.51. The number of aryl methyl sites for hydroxylation is 1. The fraction of sp³-hybridized carbons (Fsp3) is 0.483. The number of hydrogen-bond donors (Lipinski definition) is 0. The molecule has 0 aromatic heterocycles. The van der Waals surface area contributed by atoms with E-state index in [1.165, 1.54) is 74.5 Å². The van der Waals surface area contributed by atoms with Gasteiger partial charge in [-0.3, -0.25) is 0 Å². The molecule has 0 heterocycles. The molecule has 0 fully saturated rings. The molecule has 2 aromatic rings. The van der Waals surface area contributed by atoms with Crippen LogP contribution < -0.4 is 4.74 Å². The highest BCUT2D eigenvalue weighted by molar-refractivity contribution is 5.91. The highest BCUT2D eigenvalue weighted by Crippen LogP contribution is 2.32. The molecule has 1 aliphatic carbocycles. The Morgan fingerprint density at radius 3 is 2.29 bits per heavy atom. The summed E-state index contributed by atoms with van der Waals surface area (Å²) in [5.74, 6) is 1.17. The van der Waals surface area contributed by atoms with Crippen LogP contribution >= 0.6 is 0 Å². The van der Waals surface area contributed by atoms with E-state index in [9.17, 15) is 4.79 Å². The van der Waals surface area contributed by atoms with Crippen molar-refractivity contribution in [2.45, 2.75) is 84.5 Å². The first kappa shape index (κ1) is 23.3. The summed E-state index contributed by atoms with van der Waals surface area (Å²) in [6, 6.07) is 15.9. The van der Waals surface area contributed by atoms with Gasteiger partial charge in [-0.15, -0.1) is 0 Å². The van der Waals surface area contributed by atoms with Crippen molar-refractivity contribution in [1.82, 2.24) is 0 Å². The van der Waals surface area contributed by atoms with E-state index < -0.39 is 0 Å². The lowest BCUT2D eigenvalue weighted by Gasteiger charge is -2.22. The second-order valence-electron chi connectivity index (χ2n) is 8.93. The minimum absolute atomic E-state index is 0.292. The Morgan fingerprint density at radius 2 is 1.65 bits per heavy atom. The number of allylic oxidation sites excluding steroid dienone is 2. The van der Waals surface area contributed by atoms with Crippen LogP contribution in [-0.2, 0) is 6.42 Å². The molecule has 0 bridgehead atoms. The van der Waals surface area contributed by atoms with Crippen LogP contribution in [0.5, 0.6) is 5.75 Å². The summed E-state index contributed by atoms with van der Waals surface area (Å²) in [4.78, 5) is 12.5. The number of hydrogen-bond acceptors (Lipinski definition) is 2. The summed E-state index contributed by atoms with van der Waals surface area (Å²) < 4.78 is 5.58. The zero-order valence-corrected chi connectivity index (χ0v) is 19.4. The number of esters is 1. The molecule has 3 rings (SSSR count). The van der Waals surface area contributed by atoms with Crippen molar-refractivity contribution in [3.05, 3.63) is 71.3 Å². The molecular formula is C29H38O2. The molecule has 1 unspecified atom stereocenters. The van der Waals surface area contributed by atoms with E-state index in [0.29, 0.717) is 11.3 Å². The van der Waals surface area contributed by atoms with E-state index in [0.717, 1.165) is 18.8 Å². The Morgan fingerprint density at radius 1 is 0.903 bits per heavy atom. The van der Waals surface area contributed by atoms with Gasteiger partial charge in [0.1, 0.15) is 5.75 Å². The third-order valence-electron chi connectivity index (χ3n) is 6.43. The molecule has 166 valence electrons. The predicted octanol–water partition coefficient (Wildman–Crippen LogP) is 8.40. The molecule has 31 heavy (non-hydrogen) atoms. The largest absolute Gasteiger partial charge is 0.423 e. The number of unbranched alkanes of at least 4 members (excludes halogenated alkanes) is 4. The maximum Gasteiger partial charge on any atom is 0.343 e. The van der Waals surface area contributed by atoms with Crippen molar-refractivity contribution in [2.75, 3.05) is 0 Å². The van der Waals surface area contributed by atoms with E-state index in [4.69, 9.17) is 4.74 Å². The highest BCUT2D eigenvalue weighted by atomic mass is 16.5. The van der Waals surface area contributed by atoms with Crippen LogP contribution in [0, 0.1) is 5.92 Å².